The van der Waals surface area contributed by atoms with Gasteiger partial charge in [0.2, 0.25) is 5.91 Å². The quantitative estimate of drug-likeness (QED) is 0.618. The molecule has 0 saturated heterocycles. The Hall–Kier alpha value is -3.19. The van der Waals surface area contributed by atoms with E-state index in [1.54, 1.807) is 6.92 Å². The second-order valence-corrected chi connectivity index (χ2v) is 5.17. The van der Waals surface area contributed by atoms with E-state index in [1.165, 1.54) is 0 Å². The molecule has 1 amide bonds. The molecular formula is C18H18F4N2O3. The van der Waals surface area contributed by atoms with Gasteiger partial charge in [0.25, 0.3) is 0 Å². The van der Waals surface area contributed by atoms with Crippen LogP contribution < -0.4 is 11.1 Å². The van der Waals surface area contributed by atoms with E-state index in [-0.39, 0.29) is 29.4 Å². The van der Waals surface area contributed by atoms with Gasteiger partial charge in [0.15, 0.2) is 0 Å². The summed E-state index contributed by atoms with van der Waals surface area (Å²) >= 11 is 0. The molecule has 0 bridgehead atoms. The monoisotopic (exact) mass is 386 g/mol. The number of carbonyl (C=O) groups is 1. The standard InChI is InChI=1S/C11H13F2NO.C6H5F2N.CO2/c1-3-7(2)11(15)14-10-6-8(12)4-5-9(10)13;7-4-1-2-5(8)6(9)3-4;2-1-3/h4-7H,3H2,1-2H3,(H,14,15);1-3H,9H2;. The topological polar surface area (TPSA) is 89.3 Å². The molecule has 0 aromatic heterocycles. The van der Waals surface area contributed by atoms with Crippen molar-refractivity contribution in [2.24, 2.45) is 5.92 Å². The summed E-state index contributed by atoms with van der Waals surface area (Å²) in [5.74, 6) is -2.83. The molecule has 2 aromatic rings. The Morgan fingerprint density at radius 1 is 1.04 bits per heavy atom. The lowest BCUT2D eigenvalue weighted by Crippen LogP contribution is -2.20. The van der Waals surface area contributed by atoms with Crippen LogP contribution in [0.1, 0.15) is 20.3 Å². The zero-order chi connectivity index (χ0) is 21.0. The summed E-state index contributed by atoms with van der Waals surface area (Å²) in [5.41, 5.74) is 4.74. The first-order valence-corrected chi connectivity index (χ1v) is 7.61. The maximum atomic E-state index is 13.1. The summed E-state index contributed by atoms with van der Waals surface area (Å²) in [6.07, 6.45) is 0.906. The SMILES string of the molecule is CCC(C)C(=O)Nc1cc(F)ccc1F.Nc1cc(F)ccc1F.O=C=O. The summed E-state index contributed by atoms with van der Waals surface area (Å²) in [6, 6.07) is 5.91. The fourth-order valence-electron chi connectivity index (χ4n) is 1.55. The van der Waals surface area contributed by atoms with Crippen molar-refractivity contribution in [2.75, 3.05) is 11.1 Å². The van der Waals surface area contributed by atoms with Crippen LogP contribution in [0.2, 0.25) is 0 Å². The molecule has 2 aromatic carbocycles. The van der Waals surface area contributed by atoms with E-state index >= 15 is 0 Å². The van der Waals surface area contributed by atoms with E-state index in [2.05, 4.69) is 5.32 Å². The molecule has 0 aliphatic rings. The number of hydrogen-bond donors (Lipinski definition) is 2. The van der Waals surface area contributed by atoms with Crippen LogP contribution in [0.15, 0.2) is 36.4 Å². The number of carbonyl (C=O) groups excluding carboxylic acids is 3. The van der Waals surface area contributed by atoms with Crippen LogP contribution in [0.3, 0.4) is 0 Å². The molecule has 0 fully saturated rings. The minimum atomic E-state index is -0.631. The van der Waals surface area contributed by atoms with Gasteiger partial charge in [-0.15, -0.1) is 0 Å². The van der Waals surface area contributed by atoms with Gasteiger partial charge in [-0.25, -0.2) is 17.6 Å². The Labute approximate surface area is 153 Å². The first-order valence-electron chi connectivity index (χ1n) is 7.61. The van der Waals surface area contributed by atoms with Gasteiger partial charge in [0.05, 0.1) is 11.4 Å². The van der Waals surface area contributed by atoms with Gasteiger partial charge in [-0.3, -0.25) is 4.79 Å². The molecule has 2 rings (SSSR count). The smallest absolute Gasteiger partial charge is 0.373 e. The van der Waals surface area contributed by atoms with E-state index in [0.29, 0.717) is 6.42 Å². The third kappa shape index (κ3) is 9.18. The second-order valence-electron chi connectivity index (χ2n) is 5.17. The first kappa shape index (κ1) is 23.8. The number of anilines is 2. The van der Waals surface area contributed by atoms with E-state index in [0.717, 1.165) is 36.4 Å². The van der Waals surface area contributed by atoms with Crippen LogP contribution in [0, 0.1) is 29.2 Å². The predicted octanol–water partition coefficient (Wildman–Crippen LogP) is 3.91. The molecule has 3 N–H and O–H groups in total. The number of nitrogens with two attached hydrogens (primary N) is 1. The highest BCUT2D eigenvalue weighted by Crippen LogP contribution is 2.16. The fourth-order valence-corrected chi connectivity index (χ4v) is 1.55. The fraction of sp³-hybridized carbons (Fsp3) is 0.222. The van der Waals surface area contributed by atoms with Crippen LogP contribution in [0.5, 0.6) is 0 Å². The van der Waals surface area contributed by atoms with Crippen LogP contribution in [0.25, 0.3) is 0 Å². The number of hydrogen-bond acceptors (Lipinski definition) is 4. The van der Waals surface area contributed by atoms with Gasteiger partial charge in [0, 0.05) is 12.0 Å². The highest BCUT2D eigenvalue weighted by atomic mass is 19.1. The lowest BCUT2D eigenvalue weighted by molar-refractivity contribution is -0.191. The van der Waals surface area contributed by atoms with E-state index < -0.39 is 23.3 Å². The van der Waals surface area contributed by atoms with Gasteiger partial charge in [-0.05, 0) is 36.8 Å². The van der Waals surface area contributed by atoms with Crippen molar-refractivity contribution in [3.05, 3.63) is 59.7 Å². The normalized spacial score (nSPS) is 10.3. The van der Waals surface area contributed by atoms with Crippen LogP contribution in [-0.2, 0) is 14.4 Å². The number of amides is 1. The number of nitrogen functional groups attached to an aromatic ring is 1. The molecule has 9 heteroatoms. The average molecular weight is 386 g/mol. The lowest BCUT2D eigenvalue weighted by atomic mass is 10.1. The molecule has 0 heterocycles. The molecule has 0 radical (unpaired) electrons. The molecule has 0 saturated carbocycles. The lowest BCUT2D eigenvalue weighted by Gasteiger charge is -2.10. The second kappa shape index (κ2) is 12.2. The first-order chi connectivity index (χ1) is 12.7. The van der Waals surface area contributed by atoms with Crippen molar-refractivity contribution in [2.45, 2.75) is 20.3 Å². The molecule has 27 heavy (non-hydrogen) atoms. The maximum absolute atomic E-state index is 13.1. The van der Waals surface area contributed by atoms with Crippen molar-refractivity contribution in [1.82, 2.24) is 0 Å². The summed E-state index contributed by atoms with van der Waals surface area (Å²) in [7, 11) is 0. The zero-order valence-electron chi connectivity index (χ0n) is 14.6. The molecule has 0 aliphatic carbocycles. The number of rotatable bonds is 3. The van der Waals surface area contributed by atoms with E-state index in [1.807, 2.05) is 6.92 Å². The molecule has 5 nitrogen and oxygen atoms in total. The van der Waals surface area contributed by atoms with Crippen molar-refractivity contribution in [3.8, 4) is 0 Å². The Kier molecular flexibility index (Phi) is 10.8. The molecule has 1 unspecified atom stereocenters. The summed E-state index contributed by atoms with van der Waals surface area (Å²) < 4.78 is 50.2. The number of nitrogens with one attached hydrogen (secondary N) is 1. The van der Waals surface area contributed by atoms with Gasteiger partial charge in [0.1, 0.15) is 23.3 Å². The van der Waals surface area contributed by atoms with Crippen LogP contribution in [-0.4, -0.2) is 12.1 Å². The third-order valence-electron chi connectivity index (χ3n) is 3.20. The Morgan fingerprint density at radius 2 is 1.52 bits per heavy atom. The maximum Gasteiger partial charge on any atom is 0.373 e. The van der Waals surface area contributed by atoms with Gasteiger partial charge < -0.3 is 11.1 Å². The van der Waals surface area contributed by atoms with Gasteiger partial charge >= 0.3 is 6.15 Å². The summed E-state index contributed by atoms with van der Waals surface area (Å²) in [6.45, 7) is 3.58. The van der Waals surface area contributed by atoms with Gasteiger partial charge in [-0.2, -0.15) is 9.59 Å². The zero-order valence-corrected chi connectivity index (χ0v) is 14.6. The van der Waals surface area contributed by atoms with Crippen molar-refractivity contribution in [3.63, 3.8) is 0 Å². The predicted molar refractivity (Wildman–Crippen MR) is 90.2 cm³/mol. The van der Waals surface area contributed by atoms with E-state index in [9.17, 15) is 22.4 Å². The van der Waals surface area contributed by atoms with Crippen molar-refractivity contribution < 1.29 is 31.9 Å². The largest absolute Gasteiger partial charge is 0.396 e. The van der Waals surface area contributed by atoms with Gasteiger partial charge in [-0.1, -0.05) is 13.8 Å². The third-order valence-corrected chi connectivity index (χ3v) is 3.20. The molecule has 1 atom stereocenters. The molecule has 0 aliphatic heterocycles. The highest BCUT2D eigenvalue weighted by Gasteiger charge is 2.13. The minimum absolute atomic E-state index is 0.111. The Balaban J connectivity index is 0.000000477. The minimum Gasteiger partial charge on any atom is -0.396 e. The van der Waals surface area contributed by atoms with Crippen molar-refractivity contribution in [1.29, 1.82) is 0 Å². The number of benzene rings is 2. The highest BCUT2D eigenvalue weighted by molar-refractivity contribution is 5.92. The summed E-state index contributed by atoms with van der Waals surface area (Å²) in [5, 5.41) is 2.35. The van der Waals surface area contributed by atoms with E-state index in [4.69, 9.17) is 15.3 Å². The Bertz CT molecular complexity index is 794. The van der Waals surface area contributed by atoms with Crippen LogP contribution >= 0.6 is 0 Å². The van der Waals surface area contributed by atoms with Crippen molar-refractivity contribution >= 4 is 23.4 Å². The number of halogens is 4. The van der Waals surface area contributed by atoms with Crippen LogP contribution in [0.4, 0.5) is 28.9 Å². The molecular weight excluding hydrogens is 368 g/mol. The molecule has 146 valence electrons. The summed E-state index contributed by atoms with van der Waals surface area (Å²) in [4.78, 5) is 27.7. The average Bonchev–Trinajstić information content (AvgIpc) is 2.62. The Morgan fingerprint density at radius 3 is 1.96 bits per heavy atom. The molecule has 0 spiro atoms.